The van der Waals surface area contributed by atoms with Crippen LogP contribution >= 0.6 is 0 Å². The van der Waals surface area contributed by atoms with Crippen molar-refractivity contribution in [3.63, 3.8) is 0 Å². The lowest BCUT2D eigenvalue weighted by atomic mass is 9.95. The highest BCUT2D eigenvalue weighted by Gasteiger charge is 2.29. The van der Waals surface area contributed by atoms with Crippen molar-refractivity contribution >= 4 is 17.5 Å². The number of fused-ring (bicyclic) bond motifs is 3. The van der Waals surface area contributed by atoms with E-state index in [1.54, 1.807) is 33.5 Å². The highest BCUT2D eigenvalue weighted by Crippen LogP contribution is 2.50. The van der Waals surface area contributed by atoms with Crippen LogP contribution in [0, 0.1) is 0 Å². The molecule has 2 amide bonds. The van der Waals surface area contributed by atoms with E-state index in [0.29, 0.717) is 53.9 Å². The maximum atomic E-state index is 13.4. The molecule has 1 aliphatic carbocycles. The molecule has 40 heavy (non-hydrogen) atoms. The van der Waals surface area contributed by atoms with Crippen molar-refractivity contribution in [3.8, 4) is 28.4 Å². The molecular weight excluding hydrogens is 512 g/mol. The molecule has 4 rings (SSSR count). The minimum Gasteiger partial charge on any atom is -0.493 e. The van der Waals surface area contributed by atoms with Crippen LogP contribution in [-0.2, 0) is 16.0 Å². The minimum absolute atomic E-state index is 0.0250. The molecule has 1 saturated heterocycles. The highest BCUT2D eigenvalue weighted by atomic mass is 16.5. The van der Waals surface area contributed by atoms with Crippen LogP contribution in [0.2, 0.25) is 0 Å². The second-order valence-corrected chi connectivity index (χ2v) is 10.2. The van der Waals surface area contributed by atoms with Crippen LogP contribution in [0.4, 0.5) is 5.69 Å². The molecule has 1 fully saturated rings. The Bertz CT molecular complexity index is 1310. The molecular formula is C30H40N4O6. The summed E-state index contributed by atoms with van der Waals surface area (Å²) in [5, 5.41) is 9.01. The maximum absolute atomic E-state index is 13.4. The van der Waals surface area contributed by atoms with E-state index in [-0.39, 0.29) is 23.8 Å². The predicted molar refractivity (Wildman–Crippen MR) is 154 cm³/mol. The van der Waals surface area contributed by atoms with Crippen molar-refractivity contribution in [2.24, 2.45) is 0 Å². The summed E-state index contributed by atoms with van der Waals surface area (Å²) in [5.74, 6) is 1.11. The van der Waals surface area contributed by atoms with Gasteiger partial charge in [-0.15, -0.1) is 0 Å². The summed E-state index contributed by atoms with van der Waals surface area (Å²) in [6, 6.07) is 6.92. The van der Waals surface area contributed by atoms with E-state index >= 15 is 0 Å². The van der Waals surface area contributed by atoms with Gasteiger partial charge in [0.1, 0.15) is 0 Å². The van der Waals surface area contributed by atoms with Crippen molar-refractivity contribution < 1.29 is 23.8 Å². The number of amides is 2. The summed E-state index contributed by atoms with van der Waals surface area (Å²) in [5.41, 5.74) is 3.15. The molecule has 0 radical (unpaired) electrons. The van der Waals surface area contributed by atoms with Gasteiger partial charge in [-0.3, -0.25) is 19.3 Å². The third kappa shape index (κ3) is 6.17. The molecule has 0 saturated carbocycles. The second kappa shape index (κ2) is 13.0. The summed E-state index contributed by atoms with van der Waals surface area (Å²) in [7, 11) is 4.68. The Kier molecular flexibility index (Phi) is 9.52. The molecule has 10 nitrogen and oxygen atoms in total. The van der Waals surface area contributed by atoms with Crippen LogP contribution in [-0.4, -0.2) is 70.3 Å². The number of benzene rings is 1. The number of anilines is 1. The zero-order valence-corrected chi connectivity index (χ0v) is 24.0. The molecule has 2 aromatic carbocycles. The molecule has 0 aromatic heterocycles. The van der Waals surface area contributed by atoms with Crippen LogP contribution in [0.15, 0.2) is 29.1 Å². The van der Waals surface area contributed by atoms with E-state index in [4.69, 9.17) is 14.2 Å². The number of nitrogens with one attached hydrogen (secondary N) is 3. The molecule has 0 spiro atoms. The van der Waals surface area contributed by atoms with E-state index in [1.807, 2.05) is 12.1 Å². The first kappa shape index (κ1) is 29.2. The summed E-state index contributed by atoms with van der Waals surface area (Å²) < 4.78 is 17.0. The second-order valence-electron chi connectivity index (χ2n) is 10.2. The first-order chi connectivity index (χ1) is 19.3. The Balaban J connectivity index is 1.68. The van der Waals surface area contributed by atoms with Gasteiger partial charge in [0.05, 0.1) is 39.6 Å². The molecule has 2 atom stereocenters. The Morgan fingerprint density at radius 3 is 2.50 bits per heavy atom. The lowest BCUT2D eigenvalue weighted by molar-refractivity contribution is -0.120. The van der Waals surface area contributed by atoms with Crippen molar-refractivity contribution in [2.45, 2.75) is 51.6 Å². The van der Waals surface area contributed by atoms with Crippen molar-refractivity contribution in [3.05, 3.63) is 45.6 Å². The normalized spacial score (nSPS) is 18.1. The number of hydrogen-bond donors (Lipinski definition) is 3. The number of likely N-dealkylation sites (N-methyl/N-ethyl adjacent to an activating group) is 1. The molecule has 10 heteroatoms. The molecule has 3 N–H and O–H groups in total. The number of carbonyl (C=O) groups is 2. The molecule has 1 aliphatic heterocycles. The zero-order valence-electron chi connectivity index (χ0n) is 24.0. The monoisotopic (exact) mass is 552 g/mol. The van der Waals surface area contributed by atoms with Crippen LogP contribution in [0.5, 0.6) is 17.2 Å². The first-order valence-electron chi connectivity index (χ1n) is 13.8. The van der Waals surface area contributed by atoms with Crippen LogP contribution in [0.3, 0.4) is 0 Å². The lowest BCUT2D eigenvalue weighted by Crippen LogP contribution is -2.41. The lowest BCUT2D eigenvalue weighted by Gasteiger charge is -2.22. The van der Waals surface area contributed by atoms with Gasteiger partial charge in [0.25, 0.3) is 0 Å². The minimum atomic E-state index is -0.397. The Morgan fingerprint density at radius 1 is 1.05 bits per heavy atom. The SMILES string of the molecule is CCN1CCCC1CNC(=O)CNc1ccc2c(cc1=O)[C@H](NC(C)=O)CCc1cc(OC)c(OC)c(OC)c1-2. The van der Waals surface area contributed by atoms with Crippen molar-refractivity contribution in [1.82, 2.24) is 15.5 Å². The van der Waals surface area contributed by atoms with Crippen molar-refractivity contribution in [2.75, 3.05) is 52.8 Å². The van der Waals surface area contributed by atoms with Gasteiger partial charge in [0.2, 0.25) is 23.0 Å². The number of aryl methyl sites for hydroxylation is 1. The molecule has 216 valence electrons. The molecule has 2 aliphatic rings. The number of rotatable bonds is 10. The quantitative estimate of drug-likeness (QED) is 0.412. The number of hydrogen-bond acceptors (Lipinski definition) is 8. The molecule has 1 unspecified atom stereocenters. The van der Waals surface area contributed by atoms with Crippen LogP contribution in [0.1, 0.15) is 50.3 Å². The predicted octanol–water partition coefficient (Wildman–Crippen LogP) is 2.88. The third-order valence-electron chi connectivity index (χ3n) is 7.80. The van der Waals surface area contributed by atoms with Gasteiger partial charge in [-0.1, -0.05) is 13.0 Å². The average molecular weight is 553 g/mol. The Labute approximate surface area is 235 Å². The standard InChI is InChI=1S/C30H40N4O6/c1-6-34-13-7-8-20(34)16-32-27(37)17-31-24-12-10-21-22(15-25(24)36)23(33-18(2)35)11-9-19-14-26(38-3)29(39-4)30(40-5)28(19)21/h10,12,14-15,20,23H,6-9,11,13,16-17H2,1-5H3,(H,31,36)(H,32,37)(H,33,35)/t20?,23-/m1/s1. The fraction of sp³-hybridized carbons (Fsp3) is 0.500. The fourth-order valence-electron chi connectivity index (χ4n) is 5.87. The summed E-state index contributed by atoms with van der Waals surface area (Å²) >= 11 is 0. The van der Waals surface area contributed by atoms with Gasteiger partial charge in [-0.05, 0) is 73.7 Å². The van der Waals surface area contributed by atoms with Crippen molar-refractivity contribution in [1.29, 1.82) is 0 Å². The summed E-state index contributed by atoms with van der Waals surface area (Å²) in [6.45, 7) is 6.19. The largest absolute Gasteiger partial charge is 0.493 e. The molecule has 0 bridgehead atoms. The topological polar surface area (TPSA) is 118 Å². The van der Waals surface area contributed by atoms with Crippen LogP contribution in [0.25, 0.3) is 11.1 Å². The van der Waals surface area contributed by atoms with E-state index < -0.39 is 6.04 Å². The Morgan fingerprint density at radius 2 is 1.82 bits per heavy atom. The van der Waals surface area contributed by atoms with Crippen LogP contribution < -0.4 is 35.6 Å². The number of likely N-dealkylation sites (tertiary alicyclic amines) is 1. The average Bonchev–Trinajstić information content (AvgIpc) is 3.28. The maximum Gasteiger partial charge on any atom is 0.239 e. The van der Waals surface area contributed by atoms with Gasteiger partial charge < -0.3 is 30.2 Å². The molecule has 1 heterocycles. The van der Waals surface area contributed by atoms with E-state index in [9.17, 15) is 14.4 Å². The van der Waals surface area contributed by atoms with Gasteiger partial charge in [0, 0.05) is 25.1 Å². The Hall–Kier alpha value is -3.79. The summed E-state index contributed by atoms with van der Waals surface area (Å²) in [4.78, 5) is 40.5. The van der Waals surface area contributed by atoms with E-state index in [2.05, 4.69) is 27.8 Å². The number of methoxy groups -OCH3 is 3. The van der Waals surface area contributed by atoms with E-state index in [1.165, 1.54) is 6.92 Å². The fourth-order valence-corrected chi connectivity index (χ4v) is 5.87. The number of ether oxygens (including phenoxy) is 3. The third-order valence-corrected chi connectivity index (χ3v) is 7.80. The summed E-state index contributed by atoms with van der Waals surface area (Å²) in [6.07, 6.45) is 3.40. The highest BCUT2D eigenvalue weighted by molar-refractivity contribution is 5.84. The number of carbonyl (C=O) groups excluding carboxylic acids is 2. The zero-order chi connectivity index (χ0) is 28.8. The first-order valence-corrected chi connectivity index (χ1v) is 13.8. The molecule has 2 aromatic rings. The van der Waals surface area contributed by atoms with Gasteiger partial charge >= 0.3 is 0 Å². The van der Waals surface area contributed by atoms with E-state index in [0.717, 1.165) is 42.6 Å². The van der Waals surface area contributed by atoms with Gasteiger partial charge in [-0.2, -0.15) is 0 Å². The number of nitrogens with zero attached hydrogens (tertiary/aromatic N) is 1. The van der Waals surface area contributed by atoms with Gasteiger partial charge in [0.15, 0.2) is 11.5 Å². The van der Waals surface area contributed by atoms with Gasteiger partial charge in [-0.25, -0.2) is 0 Å². The smallest absolute Gasteiger partial charge is 0.239 e.